The topological polar surface area (TPSA) is 29.1 Å². The maximum absolute atomic E-state index is 12.8. The average molecular weight is 235 g/mol. The van der Waals surface area contributed by atoms with Crippen LogP contribution in [0.1, 0.15) is 15.9 Å². The number of anilines is 1. The Kier molecular flexibility index (Phi) is 3.01. The van der Waals surface area contributed by atoms with Crippen LogP contribution >= 0.6 is 11.3 Å². The monoisotopic (exact) mass is 235 g/mol. The minimum absolute atomic E-state index is 0.170. The molecule has 0 aliphatic heterocycles. The fraction of sp³-hybridized carbons (Fsp3) is 0.0833. The van der Waals surface area contributed by atoms with Crippen molar-refractivity contribution in [3.8, 4) is 0 Å². The van der Waals surface area contributed by atoms with Gasteiger partial charge < -0.3 is 5.32 Å². The number of rotatable bonds is 2. The molecule has 1 heterocycles. The smallest absolute Gasteiger partial charge is 0.256 e. The molecule has 0 fully saturated rings. The van der Waals surface area contributed by atoms with Crippen LogP contribution in [0.3, 0.4) is 0 Å². The Morgan fingerprint density at radius 1 is 1.38 bits per heavy atom. The third-order valence-corrected chi connectivity index (χ3v) is 2.90. The molecule has 16 heavy (non-hydrogen) atoms. The molecule has 0 radical (unpaired) electrons. The molecule has 0 aliphatic carbocycles. The summed E-state index contributed by atoms with van der Waals surface area (Å²) in [5.74, 6) is -0.470. The lowest BCUT2D eigenvalue weighted by molar-refractivity contribution is 0.102. The fourth-order valence-electron chi connectivity index (χ4n) is 1.36. The third-order valence-electron chi connectivity index (χ3n) is 2.22. The van der Waals surface area contributed by atoms with Crippen LogP contribution in [-0.2, 0) is 0 Å². The number of amides is 1. The van der Waals surface area contributed by atoms with Gasteiger partial charge >= 0.3 is 0 Å². The van der Waals surface area contributed by atoms with Crippen molar-refractivity contribution in [2.45, 2.75) is 6.92 Å². The van der Waals surface area contributed by atoms with E-state index in [4.69, 9.17) is 0 Å². The fourth-order valence-corrected chi connectivity index (χ4v) is 1.99. The van der Waals surface area contributed by atoms with E-state index < -0.39 is 0 Å². The van der Waals surface area contributed by atoms with Gasteiger partial charge in [0.2, 0.25) is 0 Å². The molecule has 0 aliphatic rings. The molecule has 1 N–H and O–H groups in total. The van der Waals surface area contributed by atoms with Gasteiger partial charge in [0.15, 0.2) is 0 Å². The van der Waals surface area contributed by atoms with Gasteiger partial charge in [-0.05, 0) is 42.1 Å². The summed E-state index contributed by atoms with van der Waals surface area (Å²) < 4.78 is 12.8. The number of thiophene rings is 1. The first kappa shape index (κ1) is 10.8. The number of nitrogens with one attached hydrogen (secondary N) is 1. The molecule has 4 heteroatoms. The highest BCUT2D eigenvalue weighted by Gasteiger charge is 2.07. The molecule has 2 rings (SSSR count). The zero-order chi connectivity index (χ0) is 11.5. The molecule has 1 aromatic carbocycles. The van der Waals surface area contributed by atoms with Crippen molar-refractivity contribution in [3.05, 3.63) is 52.0 Å². The van der Waals surface area contributed by atoms with E-state index in [2.05, 4.69) is 5.32 Å². The van der Waals surface area contributed by atoms with E-state index in [9.17, 15) is 9.18 Å². The molecule has 2 aromatic rings. The number of halogens is 1. The number of benzene rings is 1. The first-order valence-electron chi connectivity index (χ1n) is 4.76. The Hall–Kier alpha value is -1.68. The van der Waals surface area contributed by atoms with E-state index in [1.165, 1.54) is 23.5 Å². The van der Waals surface area contributed by atoms with Crippen LogP contribution in [-0.4, -0.2) is 5.91 Å². The second-order valence-electron chi connectivity index (χ2n) is 3.43. The van der Waals surface area contributed by atoms with E-state index in [0.717, 1.165) is 0 Å². The zero-order valence-electron chi connectivity index (χ0n) is 8.66. The number of aryl methyl sites for hydroxylation is 1. The zero-order valence-corrected chi connectivity index (χ0v) is 9.48. The standard InChI is InChI=1S/C12H10FNOS/c1-8-6-10(13)2-3-11(8)14-12(15)9-4-5-16-7-9/h2-7H,1H3,(H,14,15). The molecule has 1 amide bonds. The van der Waals surface area contributed by atoms with Crippen molar-refractivity contribution >= 4 is 22.9 Å². The molecule has 0 saturated heterocycles. The second kappa shape index (κ2) is 4.45. The van der Waals surface area contributed by atoms with Crippen LogP contribution in [0.2, 0.25) is 0 Å². The second-order valence-corrected chi connectivity index (χ2v) is 4.21. The normalized spacial score (nSPS) is 10.1. The van der Waals surface area contributed by atoms with Gasteiger partial charge in [0.25, 0.3) is 5.91 Å². The summed E-state index contributed by atoms with van der Waals surface area (Å²) in [6.07, 6.45) is 0. The van der Waals surface area contributed by atoms with Gasteiger partial charge in [0.1, 0.15) is 5.82 Å². The lowest BCUT2D eigenvalue weighted by atomic mass is 10.2. The highest BCUT2D eigenvalue weighted by Crippen LogP contribution is 2.17. The summed E-state index contributed by atoms with van der Waals surface area (Å²) in [6, 6.07) is 6.03. The van der Waals surface area contributed by atoms with Gasteiger partial charge in [-0.3, -0.25) is 4.79 Å². The molecule has 0 atom stereocenters. The van der Waals surface area contributed by atoms with Crippen molar-refractivity contribution in [1.29, 1.82) is 0 Å². The molecule has 0 saturated carbocycles. The lowest BCUT2D eigenvalue weighted by Gasteiger charge is -2.07. The predicted molar refractivity (Wildman–Crippen MR) is 63.4 cm³/mol. The maximum atomic E-state index is 12.8. The van der Waals surface area contributed by atoms with Crippen molar-refractivity contribution in [1.82, 2.24) is 0 Å². The Morgan fingerprint density at radius 3 is 2.81 bits per heavy atom. The van der Waals surface area contributed by atoms with Gasteiger partial charge in [0, 0.05) is 11.1 Å². The minimum Gasteiger partial charge on any atom is -0.322 e. The van der Waals surface area contributed by atoms with Gasteiger partial charge in [-0.15, -0.1) is 0 Å². The van der Waals surface area contributed by atoms with Crippen LogP contribution in [0.25, 0.3) is 0 Å². The maximum Gasteiger partial charge on any atom is 0.256 e. The van der Waals surface area contributed by atoms with Gasteiger partial charge in [-0.25, -0.2) is 4.39 Å². The highest BCUT2D eigenvalue weighted by atomic mass is 32.1. The summed E-state index contributed by atoms with van der Waals surface area (Å²) in [7, 11) is 0. The Morgan fingerprint density at radius 2 is 2.19 bits per heavy atom. The third kappa shape index (κ3) is 2.28. The van der Waals surface area contributed by atoms with Gasteiger partial charge in [-0.1, -0.05) is 0 Å². The van der Waals surface area contributed by atoms with E-state index >= 15 is 0 Å². The number of carbonyl (C=O) groups is 1. The van der Waals surface area contributed by atoms with Crippen LogP contribution < -0.4 is 5.32 Å². The molecular formula is C12H10FNOS. The van der Waals surface area contributed by atoms with Crippen molar-refractivity contribution in [3.63, 3.8) is 0 Å². The first-order chi connectivity index (χ1) is 7.66. The Bertz CT molecular complexity index is 508. The van der Waals surface area contributed by atoms with Gasteiger partial charge in [-0.2, -0.15) is 11.3 Å². The van der Waals surface area contributed by atoms with Crippen LogP contribution in [0, 0.1) is 12.7 Å². The molecule has 82 valence electrons. The number of carbonyl (C=O) groups excluding carboxylic acids is 1. The van der Waals surface area contributed by atoms with Gasteiger partial charge in [0.05, 0.1) is 5.56 Å². The molecular weight excluding hydrogens is 225 g/mol. The van der Waals surface area contributed by atoms with Crippen LogP contribution in [0.4, 0.5) is 10.1 Å². The Labute approximate surface area is 96.7 Å². The highest BCUT2D eigenvalue weighted by molar-refractivity contribution is 7.08. The van der Waals surface area contributed by atoms with E-state index in [1.807, 2.05) is 5.38 Å². The summed E-state index contributed by atoms with van der Waals surface area (Å²) in [5.41, 5.74) is 1.97. The minimum atomic E-state index is -0.300. The summed E-state index contributed by atoms with van der Waals surface area (Å²) in [6.45, 7) is 1.76. The van der Waals surface area contributed by atoms with Crippen molar-refractivity contribution in [2.24, 2.45) is 0 Å². The average Bonchev–Trinajstić information content (AvgIpc) is 2.75. The summed E-state index contributed by atoms with van der Waals surface area (Å²) >= 11 is 1.46. The lowest BCUT2D eigenvalue weighted by Crippen LogP contribution is -2.11. The summed E-state index contributed by atoms with van der Waals surface area (Å²) in [4.78, 5) is 11.7. The molecule has 1 aromatic heterocycles. The molecule has 0 spiro atoms. The van der Waals surface area contributed by atoms with Crippen molar-refractivity contribution in [2.75, 3.05) is 5.32 Å². The number of hydrogen-bond donors (Lipinski definition) is 1. The predicted octanol–water partition coefficient (Wildman–Crippen LogP) is 3.45. The molecule has 0 bridgehead atoms. The van der Waals surface area contributed by atoms with Crippen LogP contribution in [0.5, 0.6) is 0 Å². The quantitative estimate of drug-likeness (QED) is 0.848. The van der Waals surface area contributed by atoms with E-state index in [1.54, 1.807) is 24.4 Å². The first-order valence-corrected chi connectivity index (χ1v) is 5.71. The van der Waals surface area contributed by atoms with Crippen LogP contribution in [0.15, 0.2) is 35.0 Å². The molecule has 0 unspecified atom stereocenters. The Balaban J connectivity index is 2.18. The SMILES string of the molecule is Cc1cc(F)ccc1NC(=O)c1ccsc1. The van der Waals surface area contributed by atoms with E-state index in [-0.39, 0.29) is 11.7 Å². The van der Waals surface area contributed by atoms with Crippen molar-refractivity contribution < 1.29 is 9.18 Å². The summed E-state index contributed by atoms with van der Waals surface area (Å²) in [5, 5.41) is 6.35. The molecule has 2 nitrogen and oxygen atoms in total. The van der Waals surface area contributed by atoms with E-state index in [0.29, 0.717) is 16.8 Å². The largest absolute Gasteiger partial charge is 0.322 e. The number of hydrogen-bond acceptors (Lipinski definition) is 2.